The molecule has 120 valence electrons. The van der Waals surface area contributed by atoms with Crippen molar-refractivity contribution in [3.05, 3.63) is 35.4 Å². The standard InChI is InChI=1S/C17H31N3O/c1-5-20(11-7-10-19(2)3)17(13-18)16-9-6-8-15(12-16)14-21-4/h6,8-9,12,17H,5,7,10-11,13-14,18H2,1-4H3. The van der Waals surface area contributed by atoms with Crippen LogP contribution in [0.1, 0.15) is 30.5 Å². The molecule has 2 N–H and O–H groups in total. The molecule has 21 heavy (non-hydrogen) atoms. The predicted molar refractivity (Wildman–Crippen MR) is 89.4 cm³/mol. The van der Waals surface area contributed by atoms with E-state index in [1.54, 1.807) is 7.11 Å². The van der Waals surface area contributed by atoms with Crippen molar-refractivity contribution in [2.75, 3.05) is 47.4 Å². The molecule has 0 aliphatic rings. The van der Waals surface area contributed by atoms with Gasteiger partial charge in [0.25, 0.3) is 0 Å². The predicted octanol–water partition coefficient (Wildman–Crippen LogP) is 2.11. The largest absolute Gasteiger partial charge is 0.380 e. The first-order chi connectivity index (χ1) is 10.1. The molecule has 0 aliphatic heterocycles. The third-order valence-electron chi connectivity index (χ3n) is 3.77. The second kappa shape index (κ2) is 9.90. The van der Waals surface area contributed by atoms with Crippen LogP contribution < -0.4 is 5.73 Å². The second-order valence-electron chi connectivity index (χ2n) is 5.71. The van der Waals surface area contributed by atoms with Crippen molar-refractivity contribution in [3.63, 3.8) is 0 Å². The Morgan fingerprint density at radius 3 is 2.57 bits per heavy atom. The van der Waals surface area contributed by atoms with Gasteiger partial charge in [-0.05, 0) is 44.7 Å². The molecule has 4 heteroatoms. The molecule has 0 amide bonds. The van der Waals surface area contributed by atoms with Crippen LogP contribution in [-0.2, 0) is 11.3 Å². The van der Waals surface area contributed by atoms with E-state index >= 15 is 0 Å². The molecule has 1 unspecified atom stereocenters. The Bertz CT molecular complexity index is 395. The normalized spacial score (nSPS) is 13.1. The minimum absolute atomic E-state index is 0.286. The Morgan fingerprint density at radius 1 is 1.24 bits per heavy atom. The van der Waals surface area contributed by atoms with Crippen molar-refractivity contribution in [2.24, 2.45) is 5.73 Å². The van der Waals surface area contributed by atoms with E-state index < -0.39 is 0 Å². The summed E-state index contributed by atoms with van der Waals surface area (Å²) < 4.78 is 5.22. The van der Waals surface area contributed by atoms with Crippen LogP contribution in [0.3, 0.4) is 0 Å². The van der Waals surface area contributed by atoms with E-state index in [2.05, 4.69) is 55.1 Å². The van der Waals surface area contributed by atoms with Gasteiger partial charge in [-0.3, -0.25) is 4.90 Å². The summed E-state index contributed by atoms with van der Waals surface area (Å²) in [7, 11) is 5.96. The first kappa shape index (κ1) is 18.1. The zero-order valence-electron chi connectivity index (χ0n) is 14.0. The maximum Gasteiger partial charge on any atom is 0.0713 e. The number of likely N-dealkylation sites (N-methyl/N-ethyl adjacent to an activating group) is 1. The molecule has 0 fully saturated rings. The van der Waals surface area contributed by atoms with E-state index in [1.807, 2.05) is 0 Å². The molecular formula is C17H31N3O. The molecule has 1 aromatic rings. The number of ether oxygens (including phenoxy) is 1. The fourth-order valence-corrected chi connectivity index (χ4v) is 2.68. The molecular weight excluding hydrogens is 262 g/mol. The molecule has 1 rings (SSSR count). The highest BCUT2D eigenvalue weighted by molar-refractivity contribution is 5.26. The smallest absolute Gasteiger partial charge is 0.0713 e. The molecule has 0 aliphatic carbocycles. The Hall–Kier alpha value is -0.940. The number of nitrogens with two attached hydrogens (primary N) is 1. The minimum Gasteiger partial charge on any atom is -0.380 e. The second-order valence-corrected chi connectivity index (χ2v) is 5.71. The minimum atomic E-state index is 0.286. The molecule has 0 bridgehead atoms. The van der Waals surface area contributed by atoms with Gasteiger partial charge in [-0.2, -0.15) is 0 Å². The molecule has 4 nitrogen and oxygen atoms in total. The van der Waals surface area contributed by atoms with Gasteiger partial charge >= 0.3 is 0 Å². The van der Waals surface area contributed by atoms with Crippen molar-refractivity contribution in [3.8, 4) is 0 Å². The molecule has 0 spiro atoms. The number of nitrogens with zero attached hydrogens (tertiary/aromatic N) is 2. The Balaban J connectivity index is 2.75. The van der Waals surface area contributed by atoms with E-state index in [0.717, 1.165) is 26.1 Å². The quantitative estimate of drug-likeness (QED) is 0.717. The maximum absolute atomic E-state index is 6.05. The molecule has 1 aromatic carbocycles. The lowest BCUT2D eigenvalue weighted by Gasteiger charge is -2.31. The van der Waals surface area contributed by atoms with Crippen LogP contribution in [0.5, 0.6) is 0 Å². The van der Waals surface area contributed by atoms with Gasteiger partial charge in [-0.1, -0.05) is 31.2 Å². The molecule has 0 saturated carbocycles. The van der Waals surface area contributed by atoms with Gasteiger partial charge in [0.1, 0.15) is 0 Å². The summed E-state index contributed by atoms with van der Waals surface area (Å²) in [5.41, 5.74) is 8.55. The summed E-state index contributed by atoms with van der Waals surface area (Å²) >= 11 is 0. The van der Waals surface area contributed by atoms with E-state index in [-0.39, 0.29) is 6.04 Å². The van der Waals surface area contributed by atoms with E-state index in [1.165, 1.54) is 11.1 Å². The van der Waals surface area contributed by atoms with Crippen molar-refractivity contribution in [1.82, 2.24) is 9.80 Å². The van der Waals surface area contributed by atoms with Crippen LogP contribution in [0.2, 0.25) is 0 Å². The van der Waals surface area contributed by atoms with Crippen LogP contribution in [0, 0.1) is 0 Å². The van der Waals surface area contributed by atoms with Gasteiger partial charge in [-0.15, -0.1) is 0 Å². The highest BCUT2D eigenvalue weighted by Gasteiger charge is 2.17. The number of methoxy groups -OCH3 is 1. The average molecular weight is 293 g/mol. The number of hydrogen-bond donors (Lipinski definition) is 1. The molecule has 0 heterocycles. The topological polar surface area (TPSA) is 41.7 Å². The fraction of sp³-hybridized carbons (Fsp3) is 0.647. The first-order valence-corrected chi connectivity index (χ1v) is 7.79. The lowest BCUT2D eigenvalue weighted by Crippen LogP contribution is -2.35. The summed E-state index contributed by atoms with van der Waals surface area (Å²) in [4.78, 5) is 4.69. The summed E-state index contributed by atoms with van der Waals surface area (Å²) in [5.74, 6) is 0. The van der Waals surface area contributed by atoms with Gasteiger partial charge in [0.2, 0.25) is 0 Å². The molecule has 0 radical (unpaired) electrons. The molecule has 0 aromatic heterocycles. The van der Waals surface area contributed by atoms with Crippen molar-refractivity contribution in [2.45, 2.75) is 26.0 Å². The number of benzene rings is 1. The van der Waals surface area contributed by atoms with Crippen LogP contribution in [-0.4, -0.2) is 57.2 Å². The third kappa shape index (κ3) is 6.14. The summed E-state index contributed by atoms with van der Waals surface area (Å²) in [5, 5.41) is 0. The van der Waals surface area contributed by atoms with Gasteiger partial charge in [-0.25, -0.2) is 0 Å². The first-order valence-electron chi connectivity index (χ1n) is 7.79. The van der Waals surface area contributed by atoms with Crippen LogP contribution in [0.15, 0.2) is 24.3 Å². The van der Waals surface area contributed by atoms with Crippen molar-refractivity contribution < 1.29 is 4.74 Å². The Labute approximate surface area is 129 Å². The van der Waals surface area contributed by atoms with Gasteiger partial charge in [0.15, 0.2) is 0 Å². The summed E-state index contributed by atoms with van der Waals surface area (Å²) in [6, 6.07) is 8.87. The van der Waals surface area contributed by atoms with Crippen molar-refractivity contribution >= 4 is 0 Å². The zero-order valence-corrected chi connectivity index (χ0v) is 14.0. The van der Waals surface area contributed by atoms with Gasteiger partial charge in [0, 0.05) is 26.2 Å². The fourth-order valence-electron chi connectivity index (χ4n) is 2.68. The average Bonchev–Trinajstić information content (AvgIpc) is 2.47. The monoisotopic (exact) mass is 293 g/mol. The Kier molecular flexibility index (Phi) is 8.54. The maximum atomic E-state index is 6.05. The molecule has 1 atom stereocenters. The number of rotatable bonds is 10. The SMILES string of the molecule is CCN(CCCN(C)C)C(CN)c1cccc(COC)c1. The lowest BCUT2D eigenvalue weighted by molar-refractivity contribution is 0.183. The highest BCUT2D eigenvalue weighted by atomic mass is 16.5. The van der Waals surface area contributed by atoms with Crippen LogP contribution in [0.25, 0.3) is 0 Å². The van der Waals surface area contributed by atoms with E-state index in [0.29, 0.717) is 13.2 Å². The third-order valence-corrected chi connectivity index (χ3v) is 3.77. The number of hydrogen-bond acceptors (Lipinski definition) is 4. The van der Waals surface area contributed by atoms with Gasteiger partial charge in [0.05, 0.1) is 6.61 Å². The summed E-state index contributed by atoms with van der Waals surface area (Å²) in [6.07, 6.45) is 1.16. The Morgan fingerprint density at radius 2 is 2.00 bits per heavy atom. The van der Waals surface area contributed by atoms with Crippen LogP contribution in [0.4, 0.5) is 0 Å². The van der Waals surface area contributed by atoms with Crippen molar-refractivity contribution in [1.29, 1.82) is 0 Å². The highest BCUT2D eigenvalue weighted by Crippen LogP contribution is 2.21. The molecule has 0 saturated heterocycles. The van der Waals surface area contributed by atoms with Crippen LogP contribution >= 0.6 is 0 Å². The summed E-state index contributed by atoms with van der Waals surface area (Å²) in [6.45, 7) is 6.70. The van der Waals surface area contributed by atoms with Gasteiger partial charge < -0.3 is 15.4 Å². The van der Waals surface area contributed by atoms with E-state index in [4.69, 9.17) is 10.5 Å². The lowest BCUT2D eigenvalue weighted by atomic mass is 10.0. The zero-order chi connectivity index (χ0) is 15.7. The van der Waals surface area contributed by atoms with E-state index in [9.17, 15) is 0 Å².